The molecular weight excluding hydrogens is 344 g/mol. The average molecular weight is 366 g/mol. The molecule has 0 unspecified atom stereocenters. The summed E-state index contributed by atoms with van der Waals surface area (Å²) in [5, 5.41) is 1.96. The molecule has 1 aromatic carbocycles. The summed E-state index contributed by atoms with van der Waals surface area (Å²) < 4.78 is 5.46. The Kier molecular flexibility index (Phi) is 5.18. The van der Waals surface area contributed by atoms with Gasteiger partial charge in [-0.25, -0.2) is 0 Å². The van der Waals surface area contributed by atoms with Crippen molar-refractivity contribution in [1.82, 2.24) is 4.90 Å². The lowest BCUT2D eigenvalue weighted by atomic mass is 10.0. The molecule has 1 saturated heterocycles. The SMILES string of the molecule is O=C(c1cccs1)N(c1ccccc1)C1CCN(Cc2ccco2)CC1. The molecule has 3 heterocycles. The number of benzene rings is 1. The fourth-order valence-electron chi connectivity index (χ4n) is 3.56. The quantitative estimate of drug-likeness (QED) is 0.659. The third kappa shape index (κ3) is 3.74. The first-order valence-corrected chi connectivity index (χ1v) is 9.86. The van der Waals surface area contributed by atoms with Gasteiger partial charge in [0, 0.05) is 24.8 Å². The van der Waals surface area contributed by atoms with Gasteiger partial charge in [-0.1, -0.05) is 24.3 Å². The van der Waals surface area contributed by atoms with E-state index >= 15 is 0 Å². The lowest BCUT2D eigenvalue weighted by Gasteiger charge is -2.38. The molecular formula is C21H22N2O2S. The van der Waals surface area contributed by atoms with Crippen LogP contribution in [-0.2, 0) is 6.54 Å². The van der Waals surface area contributed by atoms with Crippen molar-refractivity contribution in [1.29, 1.82) is 0 Å². The number of carbonyl (C=O) groups excluding carboxylic acids is 1. The molecule has 1 aliphatic heterocycles. The molecule has 0 saturated carbocycles. The number of piperidine rings is 1. The minimum Gasteiger partial charge on any atom is -0.468 e. The van der Waals surface area contributed by atoms with E-state index in [1.54, 1.807) is 6.26 Å². The van der Waals surface area contributed by atoms with Crippen LogP contribution in [0.4, 0.5) is 5.69 Å². The first-order valence-electron chi connectivity index (χ1n) is 8.98. The predicted molar refractivity (Wildman–Crippen MR) is 105 cm³/mol. The average Bonchev–Trinajstić information content (AvgIpc) is 3.38. The van der Waals surface area contributed by atoms with Crippen LogP contribution >= 0.6 is 11.3 Å². The van der Waals surface area contributed by atoms with E-state index in [1.165, 1.54) is 11.3 Å². The molecule has 4 rings (SSSR count). The van der Waals surface area contributed by atoms with E-state index in [0.717, 1.165) is 48.8 Å². The zero-order chi connectivity index (χ0) is 17.8. The van der Waals surface area contributed by atoms with Crippen molar-refractivity contribution in [3.05, 3.63) is 76.9 Å². The number of hydrogen-bond donors (Lipinski definition) is 0. The van der Waals surface area contributed by atoms with Crippen LogP contribution in [0.5, 0.6) is 0 Å². The molecule has 26 heavy (non-hydrogen) atoms. The second kappa shape index (κ2) is 7.89. The number of anilines is 1. The van der Waals surface area contributed by atoms with Crippen molar-refractivity contribution >= 4 is 22.9 Å². The number of rotatable bonds is 5. The van der Waals surface area contributed by atoms with E-state index in [0.29, 0.717) is 0 Å². The zero-order valence-electron chi connectivity index (χ0n) is 14.6. The summed E-state index contributed by atoms with van der Waals surface area (Å²) in [6.07, 6.45) is 3.65. The third-order valence-corrected chi connectivity index (χ3v) is 5.72. The number of nitrogens with zero attached hydrogens (tertiary/aromatic N) is 2. The summed E-state index contributed by atoms with van der Waals surface area (Å²) in [5.74, 6) is 1.11. The van der Waals surface area contributed by atoms with Gasteiger partial charge >= 0.3 is 0 Å². The van der Waals surface area contributed by atoms with Gasteiger partial charge in [0.1, 0.15) is 5.76 Å². The third-order valence-electron chi connectivity index (χ3n) is 4.87. The number of amides is 1. The van der Waals surface area contributed by atoms with E-state index < -0.39 is 0 Å². The zero-order valence-corrected chi connectivity index (χ0v) is 15.4. The largest absolute Gasteiger partial charge is 0.468 e. The van der Waals surface area contributed by atoms with Crippen LogP contribution < -0.4 is 4.90 Å². The first-order chi connectivity index (χ1) is 12.8. The van der Waals surface area contributed by atoms with E-state index in [-0.39, 0.29) is 11.9 Å². The molecule has 3 aromatic rings. The number of para-hydroxylation sites is 1. The molecule has 134 valence electrons. The number of hydrogen-bond acceptors (Lipinski definition) is 4. The normalized spacial score (nSPS) is 15.8. The maximum absolute atomic E-state index is 13.2. The highest BCUT2D eigenvalue weighted by Gasteiger charge is 2.30. The van der Waals surface area contributed by atoms with Crippen molar-refractivity contribution in [2.45, 2.75) is 25.4 Å². The molecule has 2 aromatic heterocycles. The summed E-state index contributed by atoms with van der Waals surface area (Å²) in [6, 6.07) is 18.1. The molecule has 4 nitrogen and oxygen atoms in total. The van der Waals surface area contributed by atoms with Crippen molar-refractivity contribution < 1.29 is 9.21 Å². The predicted octanol–water partition coefficient (Wildman–Crippen LogP) is 4.65. The van der Waals surface area contributed by atoms with Crippen LogP contribution in [-0.4, -0.2) is 29.9 Å². The van der Waals surface area contributed by atoms with Gasteiger partial charge in [0.2, 0.25) is 0 Å². The molecule has 5 heteroatoms. The van der Waals surface area contributed by atoms with Gasteiger partial charge in [-0.3, -0.25) is 9.69 Å². The molecule has 0 aliphatic carbocycles. The second-order valence-electron chi connectivity index (χ2n) is 6.57. The molecule has 0 N–H and O–H groups in total. The summed E-state index contributed by atoms with van der Waals surface area (Å²) >= 11 is 1.51. The maximum atomic E-state index is 13.2. The smallest absolute Gasteiger partial charge is 0.268 e. The highest BCUT2D eigenvalue weighted by atomic mass is 32.1. The fourth-order valence-corrected chi connectivity index (χ4v) is 4.22. The Hall–Kier alpha value is -2.37. The molecule has 0 radical (unpaired) electrons. The molecule has 1 amide bonds. The Morgan fingerprint density at radius 3 is 2.54 bits per heavy atom. The Bertz CT molecular complexity index is 807. The number of likely N-dealkylation sites (tertiary alicyclic amines) is 1. The topological polar surface area (TPSA) is 36.7 Å². The van der Waals surface area contributed by atoms with Crippen molar-refractivity contribution in [2.24, 2.45) is 0 Å². The van der Waals surface area contributed by atoms with Gasteiger partial charge in [0.25, 0.3) is 5.91 Å². The Morgan fingerprint density at radius 1 is 1.08 bits per heavy atom. The van der Waals surface area contributed by atoms with Crippen LogP contribution in [0.3, 0.4) is 0 Å². The fraction of sp³-hybridized carbons (Fsp3) is 0.286. The second-order valence-corrected chi connectivity index (χ2v) is 7.52. The van der Waals surface area contributed by atoms with Gasteiger partial charge in [0.05, 0.1) is 17.7 Å². The summed E-state index contributed by atoms with van der Waals surface area (Å²) in [7, 11) is 0. The van der Waals surface area contributed by atoms with Gasteiger partial charge < -0.3 is 9.32 Å². The number of carbonyl (C=O) groups is 1. The monoisotopic (exact) mass is 366 g/mol. The van der Waals surface area contributed by atoms with E-state index in [9.17, 15) is 4.79 Å². The first kappa shape index (κ1) is 17.1. The standard InChI is InChI=1S/C21H22N2O2S/c24-21(20-9-5-15-26-20)23(17-6-2-1-3-7-17)18-10-12-22(13-11-18)16-19-8-4-14-25-19/h1-9,14-15,18H,10-13,16H2. The Labute approximate surface area is 157 Å². The number of thiophene rings is 1. The van der Waals surface area contributed by atoms with Gasteiger partial charge in [-0.2, -0.15) is 0 Å². The Balaban J connectivity index is 1.49. The molecule has 1 fully saturated rings. The van der Waals surface area contributed by atoms with Gasteiger partial charge in [-0.05, 0) is 48.6 Å². The van der Waals surface area contributed by atoms with Crippen molar-refractivity contribution in [2.75, 3.05) is 18.0 Å². The van der Waals surface area contributed by atoms with Crippen LogP contribution in [0.25, 0.3) is 0 Å². The minimum atomic E-state index is 0.107. The van der Waals surface area contributed by atoms with Crippen molar-refractivity contribution in [3.8, 4) is 0 Å². The highest BCUT2D eigenvalue weighted by Crippen LogP contribution is 2.27. The number of furan rings is 1. The molecule has 0 atom stereocenters. The molecule has 0 spiro atoms. The molecule has 0 bridgehead atoms. The van der Waals surface area contributed by atoms with Crippen LogP contribution in [0.1, 0.15) is 28.3 Å². The minimum absolute atomic E-state index is 0.107. The summed E-state index contributed by atoms with van der Waals surface area (Å²) in [5.41, 5.74) is 0.982. The van der Waals surface area contributed by atoms with E-state index in [4.69, 9.17) is 4.42 Å². The Morgan fingerprint density at radius 2 is 1.88 bits per heavy atom. The highest BCUT2D eigenvalue weighted by molar-refractivity contribution is 7.12. The maximum Gasteiger partial charge on any atom is 0.268 e. The lowest BCUT2D eigenvalue weighted by molar-refractivity contribution is 0.0961. The van der Waals surface area contributed by atoms with Gasteiger partial charge in [0.15, 0.2) is 0 Å². The van der Waals surface area contributed by atoms with Crippen molar-refractivity contribution in [3.63, 3.8) is 0 Å². The summed E-state index contributed by atoms with van der Waals surface area (Å²) in [6.45, 7) is 2.77. The van der Waals surface area contributed by atoms with Crippen LogP contribution in [0.15, 0.2) is 70.7 Å². The molecule has 1 aliphatic rings. The van der Waals surface area contributed by atoms with E-state index in [1.807, 2.05) is 64.9 Å². The van der Waals surface area contributed by atoms with E-state index in [2.05, 4.69) is 4.90 Å². The van der Waals surface area contributed by atoms with Crippen LogP contribution in [0.2, 0.25) is 0 Å². The van der Waals surface area contributed by atoms with Crippen LogP contribution in [0, 0.1) is 0 Å². The summed E-state index contributed by atoms with van der Waals surface area (Å²) in [4.78, 5) is 18.3. The lowest BCUT2D eigenvalue weighted by Crippen LogP contribution is -2.47. The van der Waals surface area contributed by atoms with Gasteiger partial charge in [-0.15, -0.1) is 11.3 Å².